The molecule has 1 aliphatic rings. The van der Waals surface area contributed by atoms with E-state index in [-0.39, 0.29) is 23.5 Å². The molecule has 4 nitrogen and oxygen atoms in total. The zero-order chi connectivity index (χ0) is 15.4. The van der Waals surface area contributed by atoms with Crippen LogP contribution in [0.25, 0.3) is 0 Å². The molecule has 6 heteroatoms. The number of carboxylic acids is 1. The van der Waals surface area contributed by atoms with Gasteiger partial charge in [-0.25, -0.2) is 4.39 Å². The largest absolute Gasteiger partial charge is 0.481 e. The topological polar surface area (TPSA) is 52.6 Å². The van der Waals surface area contributed by atoms with Crippen molar-refractivity contribution in [3.05, 3.63) is 34.6 Å². The van der Waals surface area contributed by atoms with Crippen molar-refractivity contribution in [2.45, 2.75) is 31.8 Å². The second-order valence-corrected chi connectivity index (χ2v) is 5.65. The molecule has 1 aromatic carbocycles. The van der Waals surface area contributed by atoms with Gasteiger partial charge in [0, 0.05) is 19.1 Å². The van der Waals surface area contributed by atoms with Gasteiger partial charge in [-0.2, -0.15) is 0 Å². The third-order valence-corrected chi connectivity index (χ3v) is 4.25. The zero-order valence-corrected chi connectivity index (χ0v) is 12.7. The molecule has 116 valence electrons. The maximum Gasteiger partial charge on any atom is 0.304 e. The van der Waals surface area contributed by atoms with Crippen molar-refractivity contribution in [1.29, 1.82) is 0 Å². The highest BCUT2D eigenvalue weighted by Crippen LogP contribution is 2.33. The molecule has 0 spiro atoms. The molecule has 2 N–H and O–H groups in total. The lowest BCUT2D eigenvalue weighted by Gasteiger charge is -2.28. The number of nitrogens with one attached hydrogen (secondary N) is 1. The number of nitrogens with zero attached hydrogens (tertiary/aromatic N) is 1. The molecule has 1 saturated heterocycles. The van der Waals surface area contributed by atoms with Crippen LogP contribution in [0.15, 0.2) is 18.2 Å². The van der Waals surface area contributed by atoms with Gasteiger partial charge in [-0.15, -0.1) is 0 Å². The summed E-state index contributed by atoms with van der Waals surface area (Å²) in [7, 11) is 0. The Bertz CT molecular complexity index is 512. The Morgan fingerprint density at radius 1 is 1.57 bits per heavy atom. The lowest BCUT2D eigenvalue weighted by molar-refractivity contribution is -0.136. The fraction of sp³-hybridized carbons (Fsp3) is 0.533. The Labute approximate surface area is 128 Å². The third kappa shape index (κ3) is 3.93. The van der Waals surface area contributed by atoms with Crippen LogP contribution in [0.1, 0.15) is 31.4 Å². The van der Waals surface area contributed by atoms with Crippen molar-refractivity contribution in [3.8, 4) is 0 Å². The lowest BCUT2D eigenvalue weighted by Crippen LogP contribution is -2.37. The number of carboxylic acid groups (broad SMARTS) is 1. The highest BCUT2D eigenvalue weighted by atomic mass is 35.5. The fourth-order valence-electron chi connectivity index (χ4n) is 2.93. The first-order valence-corrected chi connectivity index (χ1v) is 7.55. The minimum absolute atomic E-state index is 0.0514. The Morgan fingerprint density at radius 2 is 2.33 bits per heavy atom. The molecule has 2 unspecified atom stereocenters. The molecule has 0 saturated carbocycles. The van der Waals surface area contributed by atoms with Crippen molar-refractivity contribution in [2.24, 2.45) is 0 Å². The average molecular weight is 315 g/mol. The third-order valence-electron chi connectivity index (χ3n) is 3.94. The van der Waals surface area contributed by atoms with Gasteiger partial charge >= 0.3 is 5.97 Å². The van der Waals surface area contributed by atoms with Gasteiger partial charge in [0.15, 0.2) is 0 Å². The Morgan fingerprint density at radius 3 is 2.95 bits per heavy atom. The van der Waals surface area contributed by atoms with Gasteiger partial charge in [0.2, 0.25) is 0 Å². The number of rotatable bonds is 6. The SMILES string of the molecule is CCN1CCC(NCCC(=O)O)C1c1ccc(Cl)c(F)c1. The molecule has 1 fully saturated rings. The van der Waals surface area contributed by atoms with E-state index in [2.05, 4.69) is 17.1 Å². The fourth-order valence-corrected chi connectivity index (χ4v) is 3.05. The molecule has 0 amide bonds. The highest BCUT2D eigenvalue weighted by molar-refractivity contribution is 6.30. The maximum absolute atomic E-state index is 13.7. The van der Waals surface area contributed by atoms with E-state index in [0.29, 0.717) is 6.54 Å². The lowest BCUT2D eigenvalue weighted by atomic mass is 9.99. The Hall–Kier alpha value is -1.17. The summed E-state index contributed by atoms with van der Waals surface area (Å²) in [6.07, 6.45) is 1.01. The molecule has 1 heterocycles. The van der Waals surface area contributed by atoms with Crippen molar-refractivity contribution >= 4 is 17.6 Å². The number of benzene rings is 1. The van der Waals surface area contributed by atoms with Crippen LogP contribution in [0.4, 0.5) is 4.39 Å². The molecule has 21 heavy (non-hydrogen) atoms. The van der Waals surface area contributed by atoms with Crippen molar-refractivity contribution in [3.63, 3.8) is 0 Å². The monoisotopic (exact) mass is 314 g/mol. The second-order valence-electron chi connectivity index (χ2n) is 5.24. The predicted octanol–water partition coefficient (Wildman–Crippen LogP) is 2.68. The summed E-state index contributed by atoms with van der Waals surface area (Å²) in [5, 5.41) is 12.1. The summed E-state index contributed by atoms with van der Waals surface area (Å²) in [6.45, 7) is 4.27. The van der Waals surface area contributed by atoms with Crippen LogP contribution in [0.3, 0.4) is 0 Å². The summed E-state index contributed by atoms with van der Waals surface area (Å²) in [5.74, 6) is -1.23. The van der Waals surface area contributed by atoms with Gasteiger partial charge < -0.3 is 10.4 Å². The van der Waals surface area contributed by atoms with E-state index in [4.69, 9.17) is 16.7 Å². The van der Waals surface area contributed by atoms with Gasteiger partial charge in [0.25, 0.3) is 0 Å². The number of hydrogen-bond acceptors (Lipinski definition) is 3. The minimum atomic E-state index is -0.818. The molecule has 2 atom stereocenters. The van der Waals surface area contributed by atoms with Crippen LogP contribution < -0.4 is 5.32 Å². The van der Waals surface area contributed by atoms with Gasteiger partial charge in [-0.05, 0) is 30.7 Å². The predicted molar refractivity (Wildman–Crippen MR) is 80.1 cm³/mol. The van der Waals surface area contributed by atoms with E-state index in [9.17, 15) is 9.18 Å². The van der Waals surface area contributed by atoms with Crippen molar-refractivity contribution in [1.82, 2.24) is 10.2 Å². The minimum Gasteiger partial charge on any atom is -0.481 e. The van der Waals surface area contributed by atoms with Crippen LogP contribution in [-0.2, 0) is 4.79 Å². The molecule has 0 radical (unpaired) electrons. The maximum atomic E-state index is 13.7. The average Bonchev–Trinajstić information content (AvgIpc) is 2.84. The highest BCUT2D eigenvalue weighted by Gasteiger charge is 2.34. The molecule has 0 aromatic heterocycles. The molecule has 0 bridgehead atoms. The molecule has 1 aromatic rings. The first kappa shape index (κ1) is 16.2. The summed E-state index contributed by atoms with van der Waals surface area (Å²) in [5.41, 5.74) is 0.879. The molecular weight excluding hydrogens is 295 g/mol. The van der Waals surface area contributed by atoms with Crippen LogP contribution >= 0.6 is 11.6 Å². The summed E-state index contributed by atoms with van der Waals surface area (Å²) < 4.78 is 13.7. The standard InChI is InChI=1S/C15H20ClFN2O2/c1-2-19-8-6-13(18-7-5-14(20)21)15(19)10-3-4-11(16)12(17)9-10/h3-4,9,13,15,18H,2,5-8H2,1H3,(H,20,21). The van der Waals surface area contributed by atoms with Crippen molar-refractivity contribution in [2.75, 3.05) is 19.6 Å². The van der Waals surface area contributed by atoms with E-state index >= 15 is 0 Å². The zero-order valence-electron chi connectivity index (χ0n) is 12.0. The van der Waals surface area contributed by atoms with Crippen LogP contribution in [0, 0.1) is 5.82 Å². The van der Waals surface area contributed by atoms with E-state index in [1.807, 2.05) is 6.07 Å². The Balaban J connectivity index is 2.13. The molecule has 0 aliphatic carbocycles. The number of likely N-dealkylation sites (tertiary alicyclic amines) is 1. The van der Waals surface area contributed by atoms with Crippen molar-refractivity contribution < 1.29 is 14.3 Å². The molecule has 2 rings (SSSR count). The Kier molecular flexibility index (Phi) is 5.56. The first-order valence-electron chi connectivity index (χ1n) is 7.17. The molecular formula is C15H20ClFN2O2. The van der Waals surface area contributed by atoms with E-state index in [1.54, 1.807) is 6.07 Å². The summed E-state index contributed by atoms with van der Waals surface area (Å²) in [6, 6.07) is 5.08. The van der Waals surface area contributed by atoms with Gasteiger partial charge in [0.05, 0.1) is 17.5 Å². The number of halogens is 2. The normalized spacial score (nSPS) is 22.6. The van der Waals surface area contributed by atoms with Gasteiger partial charge in [0.1, 0.15) is 5.82 Å². The van der Waals surface area contributed by atoms with Gasteiger partial charge in [-0.3, -0.25) is 9.69 Å². The summed E-state index contributed by atoms with van der Waals surface area (Å²) >= 11 is 5.74. The number of hydrogen-bond donors (Lipinski definition) is 2. The van der Waals surface area contributed by atoms with Gasteiger partial charge in [-0.1, -0.05) is 24.6 Å². The van der Waals surface area contributed by atoms with E-state index < -0.39 is 11.8 Å². The second kappa shape index (κ2) is 7.20. The van der Waals surface area contributed by atoms with Crippen LogP contribution in [-0.4, -0.2) is 41.7 Å². The van der Waals surface area contributed by atoms with E-state index in [1.165, 1.54) is 6.07 Å². The number of likely N-dealkylation sites (N-methyl/N-ethyl adjacent to an activating group) is 1. The smallest absolute Gasteiger partial charge is 0.304 e. The number of aliphatic carboxylic acids is 1. The first-order chi connectivity index (χ1) is 10.0. The summed E-state index contributed by atoms with van der Waals surface area (Å²) in [4.78, 5) is 12.9. The molecule has 1 aliphatic heterocycles. The number of carbonyl (C=O) groups is 1. The quantitative estimate of drug-likeness (QED) is 0.847. The van der Waals surface area contributed by atoms with E-state index in [0.717, 1.165) is 25.1 Å². The van der Waals surface area contributed by atoms with Crippen LogP contribution in [0.2, 0.25) is 5.02 Å². The van der Waals surface area contributed by atoms with Crippen LogP contribution in [0.5, 0.6) is 0 Å².